The summed E-state index contributed by atoms with van der Waals surface area (Å²) in [4.78, 5) is 20.5. The Bertz CT molecular complexity index is 929. The first kappa shape index (κ1) is 15.9. The molecule has 0 saturated heterocycles. The van der Waals surface area contributed by atoms with E-state index in [4.69, 9.17) is 22.1 Å². The van der Waals surface area contributed by atoms with Gasteiger partial charge in [0.2, 0.25) is 0 Å². The van der Waals surface area contributed by atoms with Crippen molar-refractivity contribution in [1.82, 2.24) is 19.6 Å². The number of pyridine rings is 1. The van der Waals surface area contributed by atoms with Crippen LogP contribution < -0.4 is 15.8 Å². The second-order valence-electron chi connectivity index (χ2n) is 4.74. The van der Waals surface area contributed by atoms with E-state index in [9.17, 15) is 9.18 Å². The van der Waals surface area contributed by atoms with Crippen LogP contribution in [0.2, 0.25) is 5.15 Å². The first-order chi connectivity index (χ1) is 11.5. The Morgan fingerprint density at radius 3 is 3.04 bits per heavy atom. The number of anilines is 2. The van der Waals surface area contributed by atoms with Crippen molar-refractivity contribution in [2.45, 2.75) is 6.67 Å². The lowest BCUT2D eigenvalue weighted by molar-refractivity contribution is 0.102. The van der Waals surface area contributed by atoms with E-state index in [0.29, 0.717) is 11.4 Å². The Hall–Kier alpha value is -2.94. The first-order valence-corrected chi connectivity index (χ1v) is 7.12. The van der Waals surface area contributed by atoms with Gasteiger partial charge >= 0.3 is 0 Å². The van der Waals surface area contributed by atoms with Crippen molar-refractivity contribution in [1.29, 1.82) is 0 Å². The van der Waals surface area contributed by atoms with Crippen LogP contribution >= 0.6 is 11.6 Å². The molecule has 0 radical (unpaired) electrons. The number of nitrogens with one attached hydrogen (secondary N) is 1. The summed E-state index contributed by atoms with van der Waals surface area (Å²) in [5, 5.41) is 6.82. The number of nitrogens with two attached hydrogens (primary N) is 1. The zero-order chi connectivity index (χ0) is 17.3. The topological polar surface area (TPSA) is 107 Å². The molecule has 0 spiro atoms. The number of hydrogen-bond donors (Lipinski definition) is 2. The van der Waals surface area contributed by atoms with Crippen molar-refractivity contribution in [3.8, 4) is 5.75 Å². The number of halogens is 2. The van der Waals surface area contributed by atoms with E-state index in [2.05, 4.69) is 20.4 Å². The SMILES string of the molecule is COc1cc(Cl)ncc1NC(=O)c1c(N)nn2ccc(CF)nc12. The molecular weight excluding hydrogens is 339 g/mol. The number of nitrogen functional groups attached to an aromatic ring is 1. The van der Waals surface area contributed by atoms with E-state index in [-0.39, 0.29) is 27.9 Å². The average Bonchev–Trinajstić information content (AvgIpc) is 2.91. The van der Waals surface area contributed by atoms with Crippen molar-refractivity contribution < 1.29 is 13.9 Å². The Morgan fingerprint density at radius 2 is 2.33 bits per heavy atom. The molecule has 0 aromatic carbocycles. The molecule has 124 valence electrons. The quantitative estimate of drug-likeness (QED) is 0.698. The van der Waals surface area contributed by atoms with Crippen molar-refractivity contribution in [2.24, 2.45) is 0 Å². The van der Waals surface area contributed by atoms with Gasteiger partial charge in [-0.15, -0.1) is 5.10 Å². The molecule has 0 aliphatic heterocycles. The molecule has 1 amide bonds. The molecule has 0 aliphatic carbocycles. The molecular formula is C14H12ClFN6O2. The van der Waals surface area contributed by atoms with E-state index in [1.54, 1.807) is 0 Å². The summed E-state index contributed by atoms with van der Waals surface area (Å²) in [6, 6.07) is 2.91. The van der Waals surface area contributed by atoms with Gasteiger partial charge < -0.3 is 15.8 Å². The third-order valence-electron chi connectivity index (χ3n) is 3.23. The van der Waals surface area contributed by atoms with E-state index in [1.807, 2.05) is 0 Å². The maximum Gasteiger partial charge on any atom is 0.263 e. The smallest absolute Gasteiger partial charge is 0.263 e. The molecule has 0 bridgehead atoms. The van der Waals surface area contributed by atoms with Gasteiger partial charge in [-0.25, -0.2) is 18.9 Å². The van der Waals surface area contributed by atoms with Gasteiger partial charge in [-0.1, -0.05) is 11.6 Å². The number of ether oxygens (including phenoxy) is 1. The number of fused-ring (bicyclic) bond motifs is 1. The summed E-state index contributed by atoms with van der Waals surface area (Å²) in [5.74, 6) is -0.277. The molecule has 3 aromatic rings. The Morgan fingerprint density at radius 1 is 1.54 bits per heavy atom. The largest absolute Gasteiger partial charge is 0.494 e. The monoisotopic (exact) mass is 350 g/mol. The normalized spacial score (nSPS) is 10.8. The van der Waals surface area contributed by atoms with Gasteiger partial charge in [-0.05, 0) is 6.07 Å². The van der Waals surface area contributed by atoms with E-state index in [0.717, 1.165) is 0 Å². The fraction of sp³-hybridized carbons (Fsp3) is 0.143. The molecule has 24 heavy (non-hydrogen) atoms. The Balaban J connectivity index is 2.01. The molecule has 10 heteroatoms. The average molecular weight is 351 g/mol. The third kappa shape index (κ3) is 2.81. The summed E-state index contributed by atoms with van der Waals surface area (Å²) in [5.41, 5.74) is 6.45. The second kappa shape index (κ2) is 6.28. The minimum atomic E-state index is -0.766. The molecule has 0 aliphatic rings. The molecule has 3 heterocycles. The number of hydrogen-bond acceptors (Lipinski definition) is 6. The van der Waals surface area contributed by atoms with Crippen LogP contribution in [0.1, 0.15) is 16.1 Å². The van der Waals surface area contributed by atoms with Crippen LogP contribution in [-0.2, 0) is 6.67 Å². The van der Waals surface area contributed by atoms with E-state index in [1.165, 1.54) is 36.2 Å². The minimum Gasteiger partial charge on any atom is -0.494 e. The van der Waals surface area contributed by atoms with Gasteiger partial charge in [0.1, 0.15) is 28.8 Å². The molecule has 0 saturated carbocycles. The summed E-state index contributed by atoms with van der Waals surface area (Å²) in [7, 11) is 1.43. The molecule has 3 aromatic heterocycles. The molecule has 0 unspecified atom stereocenters. The summed E-state index contributed by atoms with van der Waals surface area (Å²) >= 11 is 5.79. The van der Waals surface area contributed by atoms with Crippen LogP contribution in [0.3, 0.4) is 0 Å². The number of methoxy groups -OCH3 is 1. The van der Waals surface area contributed by atoms with Gasteiger partial charge in [-0.3, -0.25) is 4.79 Å². The Kier molecular flexibility index (Phi) is 4.17. The highest BCUT2D eigenvalue weighted by molar-refractivity contribution is 6.29. The highest BCUT2D eigenvalue weighted by atomic mass is 35.5. The standard InChI is InChI=1S/C14H12ClFN6O2/c1-24-9-4-10(15)18-6-8(9)20-14(23)11-12(17)21-22-3-2-7(5-16)19-13(11)22/h2-4,6H,5H2,1H3,(H2,17,21)(H,20,23). The maximum atomic E-state index is 12.8. The number of carbonyl (C=O) groups excluding carboxylic acids is 1. The lowest BCUT2D eigenvalue weighted by atomic mass is 10.2. The van der Waals surface area contributed by atoms with Crippen LogP contribution in [-0.4, -0.2) is 32.6 Å². The number of nitrogens with zero attached hydrogens (tertiary/aromatic N) is 4. The summed E-state index contributed by atoms with van der Waals surface area (Å²) in [6.45, 7) is -0.766. The second-order valence-corrected chi connectivity index (χ2v) is 5.13. The highest BCUT2D eigenvalue weighted by Crippen LogP contribution is 2.27. The first-order valence-electron chi connectivity index (χ1n) is 6.74. The third-order valence-corrected chi connectivity index (χ3v) is 3.44. The van der Waals surface area contributed by atoms with Gasteiger partial charge in [0.05, 0.1) is 19.0 Å². The van der Waals surface area contributed by atoms with Crippen LogP contribution in [0.25, 0.3) is 5.65 Å². The van der Waals surface area contributed by atoms with Crippen LogP contribution in [0.4, 0.5) is 15.9 Å². The lowest BCUT2D eigenvalue weighted by Gasteiger charge is -2.09. The van der Waals surface area contributed by atoms with Crippen LogP contribution in [0.15, 0.2) is 24.5 Å². The van der Waals surface area contributed by atoms with E-state index >= 15 is 0 Å². The van der Waals surface area contributed by atoms with Crippen molar-refractivity contribution in [3.05, 3.63) is 40.9 Å². The number of amides is 1. The molecule has 0 atom stereocenters. The lowest BCUT2D eigenvalue weighted by Crippen LogP contribution is -2.15. The summed E-state index contributed by atoms with van der Waals surface area (Å²) in [6.07, 6.45) is 2.83. The fourth-order valence-corrected chi connectivity index (χ4v) is 2.28. The summed E-state index contributed by atoms with van der Waals surface area (Å²) < 4.78 is 19.3. The van der Waals surface area contributed by atoms with Crippen LogP contribution in [0, 0.1) is 0 Å². The number of aromatic nitrogens is 4. The number of alkyl halides is 1. The highest BCUT2D eigenvalue weighted by Gasteiger charge is 2.21. The van der Waals surface area contributed by atoms with Gasteiger partial charge in [0.15, 0.2) is 11.5 Å². The van der Waals surface area contributed by atoms with Crippen LogP contribution in [0.5, 0.6) is 5.75 Å². The molecule has 0 fully saturated rings. The molecule has 8 nitrogen and oxygen atoms in total. The maximum absolute atomic E-state index is 12.8. The minimum absolute atomic E-state index is 0.0299. The molecule has 3 rings (SSSR count). The zero-order valence-corrected chi connectivity index (χ0v) is 13.2. The van der Waals surface area contributed by atoms with Gasteiger partial charge in [0.25, 0.3) is 5.91 Å². The van der Waals surface area contributed by atoms with Crippen molar-refractivity contribution in [3.63, 3.8) is 0 Å². The fourth-order valence-electron chi connectivity index (χ4n) is 2.14. The predicted octanol–water partition coefficient (Wildman–Crippen LogP) is 2.09. The van der Waals surface area contributed by atoms with Gasteiger partial charge in [0, 0.05) is 12.3 Å². The molecule has 3 N–H and O–H groups in total. The van der Waals surface area contributed by atoms with E-state index < -0.39 is 12.6 Å². The number of carbonyl (C=O) groups is 1. The zero-order valence-electron chi connectivity index (χ0n) is 12.5. The van der Waals surface area contributed by atoms with Gasteiger partial charge in [-0.2, -0.15) is 0 Å². The van der Waals surface area contributed by atoms with Crippen molar-refractivity contribution in [2.75, 3.05) is 18.2 Å². The Labute approximate surface area is 140 Å². The van der Waals surface area contributed by atoms with Crippen molar-refractivity contribution >= 4 is 34.7 Å². The number of rotatable bonds is 4. The predicted molar refractivity (Wildman–Crippen MR) is 86.0 cm³/mol.